The van der Waals surface area contributed by atoms with Crippen LogP contribution in [-0.2, 0) is 9.47 Å². The molecule has 2 aromatic rings. The Bertz CT molecular complexity index is 856. The Kier molecular flexibility index (Phi) is 7.06. The molecule has 30 heavy (non-hydrogen) atoms. The monoisotopic (exact) mass is 414 g/mol. The quantitative estimate of drug-likeness (QED) is 0.525. The molecule has 6 nitrogen and oxygen atoms in total. The number of esters is 2. The number of rotatable bonds is 7. The van der Waals surface area contributed by atoms with Gasteiger partial charge in [-0.15, -0.1) is 0 Å². The van der Waals surface area contributed by atoms with Gasteiger partial charge in [0.2, 0.25) is 0 Å². The summed E-state index contributed by atoms with van der Waals surface area (Å²) in [6.07, 6.45) is -1.14. The lowest BCUT2D eigenvalue weighted by molar-refractivity contribution is -0.374. The molecule has 1 atom stereocenters. The molecule has 162 valence electrons. The third-order valence-electron chi connectivity index (χ3n) is 5.38. The summed E-state index contributed by atoms with van der Waals surface area (Å²) in [5.41, 5.74) is 0.183. The van der Waals surface area contributed by atoms with E-state index in [2.05, 4.69) is 0 Å². The van der Waals surface area contributed by atoms with E-state index in [0.29, 0.717) is 11.1 Å². The molecule has 0 aliphatic rings. The van der Waals surface area contributed by atoms with Crippen molar-refractivity contribution in [2.45, 2.75) is 53.6 Å². The number of hydrogen-bond donors (Lipinski definition) is 2. The molecular formula is C24H30O6. The van der Waals surface area contributed by atoms with Crippen LogP contribution < -0.4 is 0 Å². The SMILES string of the molecule is Cc1ccccc1C(=O)OC(O)(OC(=O)c1ccccc1C)C(C)(C)C(O)C(C)C. The van der Waals surface area contributed by atoms with Gasteiger partial charge in [-0.05, 0) is 56.9 Å². The lowest BCUT2D eigenvalue weighted by Crippen LogP contribution is -2.58. The van der Waals surface area contributed by atoms with E-state index in [9.17, 15) is 19.8 Å². The first-order chi connectivity index (χ1) is 13.9. The van der Waals surface area contributed by atoms with Crippen LogP contribution in [0.2, 0.25) is 0 Å². The maximum Gasteiger partial charge on any atom is 0.381 e. The third kappa shape index (κ3) is 4.71. The average Bonchev–Trinajstić information content (AvgIpc) is 2.67. The molecule has 0 fully saturated rings. The van der Waals surface area contributed by atoms with Gasteiger partial charge < -0.3 is 19.7 Å². The number of aryl methyl sites for hydroxylation is 2. The van der Waals surface area contributed by atoms with Crippen LogP contribution >= 0.6 is 0 Å². The minimum atomic E-state index is -2.71. The van der Waals surface area contributed by atoms with E-state index in [0.717, 1.165) is 0 Å². The normalized spacial score (nSPS) is 13.1. The van der Waals surface area contributed by atoms with Gasteiger partial charge in [0.25, 0.3) is 0 Å². The molecule has 2 aromatic carbocycles. The zero-order chi connectivity index (χ0) is 22.7. The zero-order valence-corrected chi connectivity index (χ0v) is 18.3. The van der Waals surface area contributed by atoms with Gasteiger partial charge in [0.15, 0.2) is 0 Å². The number of ether oxygens (including phenoxy) is 2. The molecule has 0 radical (unpaired) electrons. The fourth-order valence-corrected chi connectivity index (χ4v) is 3.27. The Hall–Kier alpha value is -2.70. The topological polar surface area (TPSA) is 93.1 Å². The van der Waals surface area contributed by atoms with Crippen molar-refractivity contribution in [3.63, 3.8) is 0 Å². The van der Waals surface area contributed by atoms with Crippen molar-refractivity contribution in [1.82, 2.24) is 0 Å². The van der Waals surface area contributed by atoms with Crippen molar-refractivity contribution in [3.8, 4) is 0 Å². The molecule has 0 spiro atoms. The molecule has 0 heterocycles. The van der Waals surface area contributed by atoms with Crippen molar-refractivity contribution in [3.05, 3.63) is 70.8 Å². The van der Waals surface area contributed by atoms with Gasteiger partial charge in [-0.2, -0.15) is 0 Å². The summed E-state index contributed by atoms with van der Waals surface area (Å²) in [4.78, 5) is 25.7. The van der Waals surface area contributed by atoms with E-state index in [1.54, 1.807) is 76.2 Å². The molecule has 0 aliphatic carbocycles. The summed E-state index contributed by atoms with van der Waals surface area (Å²) < 4.78 is 10.8. The Morgan fingerprint density at radius 1 is 0.833 bits per heavy atom. The molecular weight excluding hydrogens is 384 g/mol. The molecule has 1 unspecified atom stereocenters. The first-order valence-corrected chi connectivity index (χ1v) is 9.89. The summed E-state index contributed by atoms with van der Waals surface area (Å²) in [5.74, 6) is -4.75. The molecule has 2 rings (SSSR count). The highest BCUT2D eigenvalue weighted by Crippen LogP contribution is 2.40. The molecule has 0 saturated heterocycles. The van der Waals surface area contributed by atoms with E-state index in [4.69, 9.17) is 9.47 Å². The molecule has 0 bridgehead atoms. The zero-order valence-electron chi connectivity index (χ0n) is 18.3. The number of carbonyl (C=O) groups is 2. The molecule has 0 aliphatic heterocycles. The fraction of sp³-hybridized carbons (Fsp3) is 0.417. The van der Waals surface area contributed by atoms with E-state index in [1.807, 2.05) is 0 Å². The van der Waals surface area contributed by atoms with Crippen LogP contribution in [0.4, 0.5) is 0 Å². The lowest BCUT2D eigenvalue weighted by atomic mass is 9.78. The van der Waals surface area contributed by atoms with Crippen molar-refractivity contribution in [2.75, 3.05) is 0 Å². The number of aliphatic hydroxyl groups is 2. The summed E-state index contributed by atoms with van der Waals surface area (Å²) in [6, 6.07) is 13.4. The van der Waals surface area contributed by atoms with Crippen LogP contribution in [0, 0.1) is 25.2 Å². The van der Waals surface area contributed by atoms with Gasteiger partial charge in [0.05, 0.1) is 22.6 Å². The maximum atomic E-state index is 12.9. The van der Waals surface area contributed by atoms with Crippen LogP contribution in [0.3, 0.4) is 0 Å². The predicted octanol–water partition coefficient (Wildman–Crippen LogP) is 4.01. The van der Waals surface area contributed by atoms with Gasteiger partial charge in [0.1, 0.15) is 0 Å². The van der Waals surface area contributed by atoms with Crippen LogP contribution in [0.25, 0.3) is 0 Å². The second-order valence-corrected chi connectivity index (χ2v) is 8.40. The second kappa shape index (κ2) is 8.98. The van der Waals surface area contributed by atoms with Crippen molar-refractivity contribution in [2.24, 2.45) is 11.3 Å². The van der Waals surface area contributed by atoms with Gasteiger partial charge in [-0.25, -0.2) is 9.59 Å². The largest absolute Gasteiger partial charge is 0.394 e. The summed E-state index contributed by atoms with van der Waals surface area (Å²) in [7, 11) is 0. The minimum absolute atomic E-state index is 0.220. The Labute approximate surface area is 177 Å². The highest BCUT2D eigenvalue weighted by Gasteiger charge is 2.56. The van der Waals surface area contributed by atoms with Crippen LogP contribution in [0.15, 0.2) is 48.5 Å². The fourth-order valence-electron chi connectivity index (χ4n) is 3.27. The third-order valence-corrected chi connectivity index (χ3v) is 5.38. The standard InChI is InChI=1S/C24H30O6/c1-15(2)20(25)23(5,6)24(28,29-21(26)18-13-9-7-11-16(18)3)30-22(27)19-14-10-8-12-17(19)4/h7-15,20,25,28H,1-6H3. The average molecular weight is 414 g/mol. The Morgan fingerprint density at radius 3 is 1.53 bits per heavy atom. The van der Waals surface area contributed by atoms with Crippen LogP contribution in [-0.4, -0.2) is 34.2 Å². The first kappa shape index (κ1) is 23.6. The van der Waals surface area contributed by atoms with Crippen molar-refractivity contribution >= 4 is 11.9 Å². The van der Waals surface area contributed by atoms with Gasteiger partial charge in [-0.3, -0.25) is 0 Å². The highest BCUT2D eigenvalue weighted by molar-refractivity contribution is 5.92. The number of carbonyl (C=O) groups excluding carboxylic acids is 2. The van der Waals surface area contributed by atoms with Gasteiger partial charge in [-0.1, -0.05) is 50.2 Å². The number of hydrogen-bond acceptors (Lipinski definition) is 6. The Morgan fingerprint density at radius 2 is 1.20 bits per heavy atom. The first-order valence-electron chi connectivity index (χ1n) is 9.89. The highest BCUT2D eigenvalue weighted by atomic mass is 16.8. The Balaban J connectivity index is 2.47. The molecule has 0 saturated carbocycles. The summed E-state index contributed by atoms with van der Waals surface area (Å²) in [5, 5.41) is 22.1. The van der Waals surface area contributed by atoms with Crippen LogP contribution in [0.5, 0.6) is 0 Å². The van der Waals surface area contributed by atoms with E-state index < -0.39 is 29.4 Å². The number of benzene rings is 2. The minimum Gasteiger partial charge on any atom is -0.394 e. The summed E-state index contributed by atoms with van der Waals surface area (Å²) >= 11 is 0. The molecule has 6 heteroatoms. The van der Waals surface area contributed by atoms with Crippen molar-refractivity contribution < 1.29 is 29.3 Å². The maximum absolute atomic E-state index is 12.9. The van der Waals surface area contributed by atoms with Crippen LogP contribution in [0.1, 0.15) is 59.5 Å². The van der Waals surface area contributed by atoms with Gasteiger partial charge >= 0.3 is 17.9 Å². The smallest absolute Gasteiger partial charge is 0.381 e. The second-order valence-electron chi connectivity index (χ2n) is 8.40. The van der Waals surface area contributed by atoms with E-state index in [-0.39, 0.29) is 17.0 Å². The van der Waals surface area contributed by atoms with E-state index >= 15 is 0 Å². The molecule has 2 N–H and O–H groups in total. The predicted molar refractivity (Wildman–Crippen MR) is 113 cm³/mol. The number of aliphatic hydroxyl groups excluding tert-OH is 1. The molecule has 0 aromatic heterocycles. The summed E-state index contributed by atoms with van der Waals surface area (Å²) in [6.45, 7) is 9.91. The lowest BCUT2D eigenvalue weighted by Gasteiger charge is -2.43. The van der Waals surface area contributed by atoms with Crippen molar-refractivity contribution in [1.29, 1.82) is 0 Å². The van der Waals surface area contributed by atoms with Gasteiger partial charge in [0, 0.05) is 0 Å². The van der Waals surface area contributed by atoms with E-state index in [1.165, 1.54) is 13.8 Å². The molecule has 0 amide bonds.